The van der Waals surface area contributed by atoms with Crippen molar-refractivity contribution in [3.05, 3.63) is 23.8 Å². The molecule has 0 radical (unpaired) electrons. The van der Waals surface area contributed by atoms with E-state index < -0.39 is 0 Å². The molecule has 2 rings (SSSR count). The average Bonchev–Trinajstić information content (AvgIpc) is 2.54. The predicted octanol–water partition coefficient (Wildman–Crippen LogP) is 3.06. The number of benzene rings is 1. The molecule has 1 atom stereocenters. The Balaban J connectivity index is 2.45. The lowest BCUT2D eigenvalue weighted by Gasteiger charge is -2.36. The molecule has 0 aromatic heterocycles. The van der Waals surface area contributed by atoms with Gasteiger partial charge >= 0.3 is 0 Å². The standard InChI is InChI=1S/C17H25NO3/c1-4-9-17(10-6-11-18-12-17)16(19)15-13(20-2)7-5-8-14(15)21-3/h5,7-8,18H,4,6,9-12H2,1-3H3. The normalized spacial score (nSPS) is 21.9. The quantitative estimate of drug-likeness (QED) is 0.818. The summed E-state index contributed by atoms with van der Waals surface area (Å²) in [7, 11) is 3.19. The van der Waals surface area contributed by atoms with Gasteiger partial charge in [0.15, 0.2) is 5.78 Å². The highest BCUT2D eigenvalue weighted by atomic mass is 16.5. The SMILES string of the molecule is CCCC1(C(=O)c2c(OC)cccc2OC)CCCNC1. The fraction of sp³-hybridized carbons (Fsp3) is 0.588. The summed E-state index contributed by atoms with van der Waals surface area (Å²) in [6.07, 6.45) is 3.84. The summed E-state index contributed by atoms with van der Waals surface area (Å²) in [6.45, 7) is 3.85. The number of Topliss-reactive ketones (excluding diaryl/α,β-unsaturated/α-hetero) is 1. The van der Waals surface area contributed by atoms with Crippen LogP contribution in [0.15, 0.2) is 18.2 Å². The van der Waals surface area contributed by atoms with Crippen LogP contribution in [0.1, 0.15) is 43.0 Å². The molecule has 1 N–H and O–H groups in total. The van der Waals surface area contributed by atoms with Crippen LogP contribution in [0.25, 0.3) is 0 Å². The van der Waals surface area contributed by atoms with Crippen LogP contribution in [-0.4, -0.2) is 33.1 Å². The minimum absolute atomic E-state index is 0.144. The third-order valence-corrected chi connectivity index (χ3v) is 4.34. The summed E-state index contributed by atoms with van der Waals surface area (Å²) >= 11 is 0. The highest BCUT2D eigenvalue weighted by Gasteiger charge is 2.41. The molecule has 4 heteroatoms. The molecule has 0 bridgehead atoms. The van der Waals surface area contributed by atoms with Crippen LogP contribution in [0, 0.1) is 5.41 Å². The van der Waals surface area contributed by atoms with E-state index in [1.807, 2.05) is 18.2 Å². The molecule has 0 aliphatic carbocycles. The van der Waals surface area contributed by atoms with E-state index in [0.29, 0.717) is 17.1 Å². The Bertz CT molecular complexity index is 465. The molecule has 1 aromatic carbocycles. The Kier molecular flexibility index (Phi) is 5.23. The van der Waals surface area contributed by atoms with Gasteiger partial charge in [0.05, 0.1) is 14.2 Å². The average molecular weight is 291 g/mol. The van der Waals surface area contributed by atoms with Gasteiger partial charge in [-0.15, -0.1) is 0 Å². The summed E-state index contributed by atoms with van der Waals surface area (Å²) in [5.74, 6) is 1.34. The first-order valence-corrected chi connectivity index (χ1v) is 7.65. The predicted molar refractivity (Wildman–Crippen MR) is 83.3 cm³/mol. The van der Waals surface area contributed by atoms with Crippen molar-refractivity contribution in [2.45, 2.75) is 32.6 Å². The van der Waals surface area contributed by atoms with Gasteiger partial charge in [-0.2, -0.15) is 0 Å². The molecule has 1 aromatic rings. The highest BCUT2D eigenvalue weighted by molar-refractivity contribution is 6.05. The van der Waals surface area contributed by atoms with Crippen LogP contribution in [0.3, 0.4) is 0 Å². The first-order valence-electron chi connectivity index (χ1n) is 7.65. The largest absolute Gasteiger partial charge is 0.496 e. The number of hydrogen-bond donors (Lipinski definition) is 1. The number of methoxy groups -OCH3 is 2. The van der Waals surface area contributed by atoms with Crippen LogP contribution < -0.4 is 14.8 Å². The summed E-state index contributed by atoms with van der Waals surface area (Å²) < 4.78 is 10.8. The fourth-order valence-corrected chi connectivity index (χ4v) is 3.31. The monoisotopic (exact) mass is 291 g/mol. The highest BCUT2D eigenvalue weighted by Crippen LogP contribution is 2.40. The Morgan fingerprint density at radius 3 is 2.43 bits per heavy atom. The van der Waals surface area contributed by atoms with Gasteiger partial charge in [-0.1, -0.05) is 19.4 Å². The zero-order chi connectivity index (χ0) is 15.3. The molecule has 0 saturated carbocycles. The van der Waals surface area contributed by atoms with Gasteiger partial charge in [0, 0.05) is 12.0 Å². The molecule has 0 spiro atoms. The van der Waals surface area contributed by atoms with E-state index in [-0.39, 0.29) is 11.2 Å². The molecule has 1 aliphatic heterocycles. The smallest absolute Gasteiger partial charge is 0.177 e. The van der Waals surface area contributed by atoms with Gasteiger partial charge in [0.1, 0.15) is 17.1 Å². The van der Waals surface area contributed by atoms with E-state index in [4.69, 9.17) is 9.47 Å². The summed E-state index contributed by atoms with van der Waals surface area (Å²) in [5, 5.41) is 3.38. The van der Waals surface area contributed by atoms with Gasteiger partial charge < -0.3 is 14.8 Å². The fourth-order valence-electron chi connectivity index (χ4n) is 3.31. The second-order valence-electron chi connectivity index (χ2n) is 5.68. The molecule has 1 fully saturated rings. The molecule has 21 heavy (non-hydrogen) atoms. The van der Waals surface area contributed by atoms with Crippen LogP contribution in [0.5, 0.6) is 11.5 Å². The van der Waals surface area contributed by atoms with Gasteiger partial charge in [-0.3, -0.25) is 4.79 Å². The maximum Gasteiger partial charge on any atom is 0.177 e. The van der Waals surface area contributed by atoms with E-state index >= 15 is 0 Å². The second kappa shape index (κ2) is 6.94. The van der Waals surface area contributed by atoms with Crippen molar-refractivity contribution in [2.75, 3.05) is 27.3 Å². The van der Waals surface area contributed by atoms with Gasteiger partial charge in [0.2, 0.25) is 0 Å². The molecule has 0 amide bonds. The van der Waals surface area contributed by atoms with E-state index in [1.165, 1.54) is 0 Å². The number of hydrogen-bond acceptors (Lipinski definition) is 4. The summed E-state index contributed by atoms with van der Waals surface area (Å²) in [5.41, 5.74) is 0.245. The molecule has 4 nitrogen and oxygen atoms in total. The number of ketones is 1. The van der Waals surface area contributed by atoms with Gasteiger partial charge in [-0.05, 0) is 37.9 Å². The zero-order valence-electron chi connectivity index (χ0n) is 13.2. The number of ether oxygens (including phenoxy) is 2. The van der Waals surface area contributed by atoms with Crippen LogP contribution in [0.4, 0.5) is 0 Å². The minimum Gasteiger partial charge on any atom is -0.496 e. The molecule has 116 valence electrons. The number of rotatable bonds is 6. The van der Waals surface area contributed by atoms with E-state index in [2.05, 4.69) is 12.2 Å². The summed E-state index contributed by atoms with van der Waals surface area (Å²) in [6, 6.07) is 5.50. The van der Waals surface area contributed by atoms with E-state index in [0.717, 1.165) is 38.8 Å². The van der Waals surface area contributed by atoms with Gasteiger partial charge in [0.25, 0.3) is 0 Å². The van der Waals surface area contributed by atoms with E-state index in [1.54, 1.807) is 14.2 Å². The molecule has 1 aliphatic rings. The van der Waals surface area contributed by atoms with E-state index in [9.17, 15) is 4.79 Å². The Hall–Kier alpha value is -1.55. The summed E-state index contributed by atoms with van der Waals surface area (Å²) in [4.78, 5) is 13.3. The number of nitrogens with one attached hydrogen (secondary N) is 1. The van der Waals surface area contributed by atoms with Gasteiger partial charge in [-0.25, -0.2) is 0 Å². The van der Waals surface area contributed by atoms with Crippen LogP contribution in [-0.2, 0) is 0 Å². The third kappa shape index (κ3) is 3.05. The Morgan fingerprint density at radius 2 is 1.95 bits per heavy atom. The molecule has 1 saturated heterocycles. The molecular formula is C17H25NO3. The zero-order valence-corrected chi connectivity index (χ0v) is 13.2. The van der Waals surface area contributed by atoms with Crippen LogP contribution in [0.2, 0.25) is 0 Å². The maximum atomic E-state index is 13.3. The Labute approximate surface area is 126 Å². The molecular weight excluding hydrogens is 266 g/mol. The maximum absolute atomic E-state index is 13.3. The van der Waals surface area contributed by atoms with Crippen molar-refractivity contribution in [1.29, 1.82) is 0 Å². The van der Waals surface area contributed by atoms with Crippen molar-refractivity contribution in [2.24, 2.45) is 5.41 Å². The van der Waals surface area contributed by atoms with Crippen LogP contribution >= 0.6 is 0 Å². The van der Waals surface area contributed by atoms with Crippen molar-refractivity contribution in [3.63, 3.8) is 0 Å². The van der Waals surface area contributed by atoms with Crippen molar-refractivity contribution in [3.8, 4) is 11.5 Å². The first kappa shape index (κ1) is 15.8. The lowest BCUT2D eigenvalue weighted by Crippen LogP contribution is -2.45. The minimum atomic E-state index is -0.338. The first-order chi connectivity index (χ1) is 10.2. The number of carbonyl (C=O) groups excluding carboxylic acids is 1. The van der Waals surface area contributed by atoms with Crippen molar-refractivity contribution < 1.29 is 14.3 Å². The topological polar surface area (TPSA) is 47.6 Å². The molecule has 1 heterocycles. The lowest BCUT2D eigenvalue weighted by molar-refractivity contribution is 0.0711. The number of carbonyl (C=O) groups is 1. The molecule has 1 unspecified atom stereocenters. The Morgan fingerprint density at radius 1 is 1.29 bits per heavy atom. The third-order valence-electron chi connectivity index (χ3n) is 4.34. The van der Waals surface area contributed by atoms with Crippen molar-refractivity contribution >= 4 is 5.78 Å². The second-order valence-corrected chi connectivity index (χ2v) is 5.68. The van der Waals surface area contributed by atoms with Crippen molar-refractivity contribution in [1.82, 2.24) is 5.32 Å². The lowest BCUT2D eigenvalue weighted by atomic mass is 9.71. The number of piperidine rings is 1.